The number of anilines is 1. The first-order valence-electron chi connectivity index (χ1n) is 7.80. The summed E-state index contributed by atoms with van der Waals surface area (Å²) in [5.74, 6) is 0.293. The zero-order valence-corrected chi connectivity index (χ0v) is 13.9. The molecule has 0 bridgehead atoms. The molecule has 25 heavy (non-hydrogen) atoms. The molecule has 5 rings (SSSR count). The highest BCUT2D eigenvalue weighted by molar-refractivity contribution is 7.08. The second-order valence-corrected chi connectivity index (χ2v) is 6.60. The van der Waals surface area contributed by atoms with Gasteiger partial charge in [-0.25, -0.2) is 15.0 Å². The van der Waals surface area contributed by atoms with Gasteiger partial charge in [0.15, 0.2) is 0 Å². The van der Waals surface area contributed by atoms with Crippen molar-refractivity contribution >= 4 is 33.8 Å². The molecule has 0 atom stereocenters. The van der Waals surface area contributed by atoms with Gasteiger partial charge in [-0.3, -0.25) is 0 Å². The van der Waals surface area contributed by atoms with E-state index < -0.39 is 0 Å². The second kappa shape index (κ2) is 5.39. The number of aromatic nitrogens is 4. The van der Waals surface area contributed by atoms with Gasteiger partial charge >= 0.3 is 0 Å². The highest BCUT2D eigenvalue weighted by Gasteiger charge is 2.07. The normalized spacial score (nSPS) is 11.4. The van der Waals surface area contributed by atoms with Crippen molar-refractivity contribution in [3.63, 3.8) is 0 Å². The van der Waals surface area contributed by atoms with Gasteiger partial charge in [0.1, 0.15) is 5.65 Å². The van der Waals surface area contributed by atoms with E-state index in [1.807, 2.05) is 18.2 Å². The summed E-state index contributed by atoms with van der Waals surface area (Å²) >= 11 is 1.68. The van der Waals surface area contributed by atoms with E-state index in [4.69, 9.17) is 5.73 Å². The summed E-state index contributed by atoms with van der Waals surface area (Å²) in [6.45, 7) is 0. The molecule has 4 heterocycles. The lowest BCUT2D eigenvalue weighted by molar-refractivity contribution is 1.19. The molecule has 120 valence electrons. The number of pyridine rings is 1. The monoisotopic (exact) mass is 343 g/mol. The molecule has 1 aromatic carbocycles. The number of rotatable bonds is 2. The number of hydrogen-bond donors (Lipinski definition) is 1. The molecular formula is C19H13N5S. The lowest BCUT2D eigenvalue weighted by Gasteiger charge is -2.05. The molecule has 0 aliphatic rings. The summed E-state index contributed by atoms with van der Waals surface area (Å²) in [7, 11) is 0. The Morgan fingerprint density at radius 1 is 0.920 bits per heavy atom. The number of imidazole rings is 1. The SMILES string of the molecule is Nc1ncc2cc(-c3ccc4nc(-c5ccsc5)cn4c3)ccc2n1. The van der Waals surface area contributed by atoms with Crippen LogP contribution in [0.1, 0.15) is 0 Å². The van der Waals surface area contributed by atoms with Crippen molar-refractivity contribution < 1.29 is 0 Å². The topological polar surface area (TPSA) is 69.1 Å². The minimum absolute atomic E-state index is 0.293. The van der Waals surface area contributed by atoms with Crippen molar-refractivity contribution in [2.75, 3.05) is 5.73 Å². The molecule has 0 radical (unpaired) electrons. The third-order valence-corrected chi connectivity index (χ3v) is 4.88. The van der Waals surface area contributed by atoms with Crippen LogP contribution in [0.3, 0.4) is 0 Å². The number of fused-ring (bicyclic) bond motifs is 2. The van der Waals surface area contributed by atoms with Crippen LogP contribution in [0.5, 0.6) is 0 Å². The van der Waals surface area contributed by atoms with Crippen LogP contribution in [0, 0.1) is 0 Å². The first-order valence-corrected chi connectivity index (χ1v) is 8.74. The Labute approximate surface area is 147 Å². The van der Waals surface area contributed by atoms with Gasteiger partial charge in [0.2, 0.25) is 5.95 Å². The minimum atomic E-state index is 0.293. The van der Waals surface area contributed by atoms with Gasteiger partial charge in [-0.1, -0.05) is 6.07 Å². The van der Waals surface area contributed by atoms with E-state index in [1.54, 1.807) is 17.5 Å². The number of benzene rings is 1. The Morgan fingerprint density at radius 2 is 1.84 bits per heavy atom. The minimum Gasteiger partial charge on any atom is -0.368 e. The molecule has 0 spiro atoms. The molecule has 4 aromatic heterocycles. The summed E-state index contributed by atoms with van der Waals surface area (Å²) in [5, 5.41) is 5.14. The van der Waals surface area contributed by atoms with Gasteiger partial charge in [-0.15, -0.1) is 0 Å². The fourth-order valence-corrected chi connectivity index (χ4v) is 3.59. The molecule has 0 saturated heterocycles. The molecule has 5 nitrogen and oxygen atoms in total. The maximum atomic E-state index is 5.65. The van der Waals surface area contributed by atoms with Crippen LogP contribution in [-0.4, -0.2) is 19.4 Å². The Hall–Kier alpha value is -3.25. The molecule has 0 amide bonds. The van der Waals surface area contributed by atoms with E-state index in [2.05, 4.69) is 60.7 Å². The number of thiophene rings is 1. The Balaban J connectivity index is 1.61. The molecule has 0 saturated carbocycles. The lowest BCUT2D eigenvalue weighted by atomic mass is 10.1. The quantitative estimate of drug-likeness (QED) is 0.520. The third kappa shape index (κ3) is 2.43. The number of nitrogens with zero attached hydrogens (tertiary/aromatic N) is 4. The summed E-state index contributed by atoms with van der Waals surface area (Å²) < 4.78 is 2.06. The molecule has 0 aliphatic heterocycles. The fraction of sp³-hybridized carbons (Fsp3) is 0. The summed E-state index contributed by atoms with van der Waals surface area (Å²) in [6, 6.07) is 12.3. The van der Waals surface area contributed by atoms with Crippen LogP contribution >= 0.6 is 11.3 Å². The van der Waals surface area contributed by atoms with Gasteiger partial charge in [-0.2, -0.15) is 11.3 Å². The van der Waals surface area contributed by atoms with Crippen molar-refractivity contribution in [1.29, 1.82) is 0 Å². The van der Waals surface area contributed by atoms with Gasteiger partial charge in [0.05, 0.1) is 11.2 Å². The van der Waals surface area contributed by atoms with Gasteiger partial charge in [-0.05, 0) is 46.8 Å². The first kappa shape index (κ1) is 14.1. The molecule has 0 unspecified atom stereocenters. The average molecular weight is 343 g/mol. The standard InChI is InChI=1S/C19H13N5S/c20-19-21-8-15-7-12(1-3-16(15)23-19)13-2-4-18-22-17(10-24(18)9-13)14-5-6-25-11-14/h1-11H,(H2,20,21,23). The fourth-order valence-electron chi connectivity index (χ4n) is 2.94. The second-order valence-electron chi connectivity index (χ2n) is 5.82. The van der Waals surface area contributed by atoms with E-state index in [9.17, 15) is 0 Å². The predicted molar refractivity (Wildman–Crippen MR) is 101 cm³/mol. The average Bonchev–Trinajstić information content (AvgIpc) is 3.29. The molecule has 0 aliphatic carbocycles. The van der Waals surface area contributed by atoms with E-state index >= 15 is 0 Å². The van der Waals surface area contributed by atoms with Gasteiger partial charge in [0, 0.05) is 34.9 Å². The predicted octanol–water partition coefficient (Wildman–Crippen LogP) is 4.26. The van der Waals surface area contributed by atoms with Gasteiger partial charge in [0.25, 0.3) is 0 Å². The zero-order chi connectivity index (χ0) is 16.8. The molecular weight excluding hydrogens is 330 g/mol. The number of hydrogen-bond acceptors (Lipinski definition) is 5. The van der Waals surface area contributed by atoms with Crippen molar-refractivity contribution in [3.05, 3.63) is 65.7 Å². The van der Waals surface area contributed by atoms with Crippen molar-refractivity contribution in [3.8, 4) is 22.4 Å². The summed E-state index contributed by atoms with van der Waals surface area (Å²) in [4.78, 5) is 13.0. The largest absolute Gasteiger partial charge is 0.368 e. The van der Waals surface area contributed by atoms with Crippen molar-refractivity contribution in [1.82, 2.24) is 19.4 Å². The molecule has 6 heteroatoms. The van der Waals surface area contributed by atoms with Crippen molar-refractivity contribution in [2.24, 2.45) is 0 Å². The third-order valence-electron chi connectivity index (χ3n) is 4.20. The smallest absolute Gasteiger partial charge is 0.220 e. The van der Waals surface area contributed by atoms with Gasteiger partial charge < -0.3 is 10.1 Å². The molecule has 0 fully saturated rings. The number of nitrogens with two attached hydrogens (primary N) is 1. The van der Waals surface area contributed by atoms with Crippen LogP contribution < -0.4 is 5.73 Å². The molecule has 5 aromatic rings. The Kier molecular flexibility index (Phi) is 3.05. The van der Waals surface area contributed by atoms with Crippen LogP contribution in [0.25, 0.3) is 38.9 Å². The summed E-state index contributed by atoms with van der Waals surface area (Å²) in [5.41, 5.74) is 11.8. The Bertz CT molecular complexity index is 1210. The Morgan fingerprint density at radius 3 is 2.72 bits per heavy atom. The van der Waals surface area contributed by atoms with E-state index in [-0.39, 0.29) is 0 Å². The number of nitrogen functional groups attached to an aromatic ring is 1. The van der Waals surface area contributed by atoms with E-state index in [0.29, 0.717) is 5.95 Å². The van der Waals surface area contributed by atoms with Crippen molar-refractivity contribution in [2.45, 2.75) is 0 Å². The van der Waals surface area contributed by atoms with Crippen LogP contribution in [-0.2, 0) is 0 Å². The van der Waals surface area contributed by atoms with E-state index in [0.717, 1.165) is 38.9 Å². The maximum absolute atomic E-state index is 5.65. The van der Waals surface area contributed by atoms with Crippen LogP contribution in [0.2, 0.25) is 0 Å². The highest BCUT2D eigenvalue weighted by atomic mass is 32.1. The zero-order valence-electron chi connectivity index (χ0n) is 13.1. The summed E-state index contributed by atoms with van der Waals surface area (Å²) in [6.07, 6.45) is 5.91. The van der Waals surface area contributed by atoms with Crippen LogP contribution in [0.15, 0.2) is 65.7 Å². The highest BCUT2D eigenvalue weighted by Crippen LogP contribution is 2.26. The molecule has 2 N–H and O–H groups in total. The first-order chi connectivity index (χ1) is 12.3. The maximum Gasteiger partial charge on any atom is 0.220 e. The van der Waals surface area contributed by atoms with E-state index in [1.165, 1.54) is 0 Å². The van der Waals surface area contributed by atoms with Crippen LogP contribution in [0.4, 0.5) is 5.95 Å². The lowest BCUT2D eigenvalue weighted by Crippen LogP contribution is -1.94.